The highest BCUT2D eigenvalue weighted by Gasteiger charge is 2.18. The molecule has 2 N–H and O–H groups in total. The van der Waals surface area contributed by atoms with E-state index in [1.54, 1.807) is 24.3 Å². The van der Waals surface area contributed by atoms with Gasteiger partial charge in [-0.1, -0.05) is 24.3 Å². The molecule has 0 aromatic heterocycles. The minimum atomic E-state index is -0.278. The molecule has 1 aliphatic rings. The second-order valence-corrected chi connectivity index (χ2v) is 5.93. The first-order chi connectivity index (χ1) is 11.7. The van der Waals surface area contributed by atoms with Crippen LogP contribution in [0.2, 0.25) is 0 Å². The van der Waals surface area contributed by atoms with E-state index in [9.17, 15) is 9.18 Å². The Morgan fingerprint density at radius 2 is 2.00 bits per heavy atom. The summed E-state index contributed by atoms with van der Waals surface area (Å²) in [6.07, 6.45) is 2.05. The van der Waals surface area contributed by atoms with E-state index in [1.165, 1.54) is 12.1 Å². The number of amides is 1. The molecule has 1 unspecified atom stereocenters. The van der Waals surface area contributed by atoms with Crippen molar-refractivity contribution in [3.05, 3.63) is 65.5 Å². The molecule has 0 bridgehead atoms. The summed E-state index contributed by atoms with van der Waals surface area (Å²) in [6, 6.07) is 13.5. The van der Waals surface area contributed by atoms with Gasteiger partial charge in [-0.15, -0.1) is 0 Å². The number of carbonyl (C=O) groups excluding carboxylic acids is 1. The van der Waals surface area contributed by atoms with Crippen LogP contribution in [0.4, 0.5) is 4.39 Å². The number of hydrogen-bond donors (Lipinski definition) is 2. The Kier molecular flexibility index (Phi) is 5.43. The van der Waals surface area contributed by atoms with Gasteiger partial charge in [0.25, 0.3) is 5.91 Å². The summed E-state index contributed by atoms with van der Waals surface area (Å²) in [5.41, 5.74) is 1.37. The molecule has 1 fully saturated rings. The molecule has 1 amide bonds. The number of ether oxygens (including phenoxy) is 1. The molecule has 1 aliphatic heterocycles. The molecular weight excluding hydrogens is 307 g/mol. The highest BCUT2D eigenvalue weighted by molar-refractivity contribution is 5.97. The number of carbonyl (C=O) groups is 1. The van der Waals surface area contributed by atoms with Crippen LogP contribution >= 0.6 is 0 Å². The summed E-state index contributed by atoms with van der Waals surface area (Å²) in [5, 5.41) is 6.33. The van der Waals surface area contributed by atoms with Gasteiger partial charge in [0.05, 0.1) is 5.56 Å². The first kappa shape index (κ1) is 16.5. The fourth-order valence-corrected chi connectivity index (χ4v) is 2.76. The van der Waals surface area contributed by atoms with Gasteiger partial charge in [-0.25, -0.2) is 4.39 Å². The van der Waals surface area contributed by atoms with E-state index in [0.29, 0.717) is 11.3 Å². The third-order valence-corrected chi connectivity index (χ3v) is 4.07. The molecule has 0 spiro atoms. The second kappa shape index (κ2) is 7.93. The maximum atomic E-state index is 12.9. The number of benzene rings is 2. The zero-order valence-corrected chi connectivity index (χ0v) is 13.4. The number of rotatable bonds is 5. The minimum absolute atomic E-state index is 0.126. The maximum absolute atomic E-state index is 12.9. The predicted octanol–water partition coefficient (Wildman–Crippen LogP) is 2.89. The molecular formula is C19H21FN2O2. The smallest absolute Gasteiger partial charge is 0.255 e. The molecule has 1 saturated heterocycles. The van der Waals surface area contributed by atoms with Crippen molar-refractivity contribution in [3.8, 4) is 5.75 Å². The Labute approximate surface area is 141 Å². The van der Waals surface area contributed by atoms with Gasteiger partial charge in [-0.3, -0.25) is 4.79 Å². The lowest BCUT2D eigenvalue weighted by molar-refractivity contribution is 0.0926. The Morgan fingerprint density at radius 3 is 2.75 bits per heavy atom. The topological polar surface area (TPSA) is 50.4 Å². The first-order valence-electron chi connectivity index (χ1n) is 8.20. The van der Waals surface area contributed by atoms with Crippen molar-refractivity contribution in [1.29, 1.82) is 0 Å². The molecule has 4 nitrogen and oxygen atoms in total. The third-order valence-electron chi connectivity index (χ3n) is 4.07. The molecule has 24 heavy (non-hydrogen) atoms. The van der Waals surface area contributed by atoms with Crippen molar-refractivity contribution < 1.29 is 13.9 Å². The molecule has 5 heteroatoms. The summed E-state index contributed by atoms with van der Waals surface area (Å²) in [4.78, 5) is 12.5. The summed E-state index contributed by atoms with van der Waals surface area (Å²) in [6.45, 7) is 2.09. The van der Waals surface area contributed by atoms with E-state index in [0.717, 1.165) is 31.5 Å². The second-order valence-electron chi connectivity index (χ2n) is 5.93. The zero-order chi connectivity index (χ0) is 16.8. The van der Waals surface area contributed by atoms with Crippen molar-refractivity contribution in [2.24, 2.45) is 0 Å². The van der Waals surface area contributed by atoms with Crippen molar-refractivity contribution in [1.82, 2.24) is 10.6 Å². The van der Waals surface area contributed by atoms with Gasteiger partial charge in [-0.05, 0) is 49.2 Å². The molecule has 0 aliphatic carbocycles. The van der Waals surface area contributed by atoms with E-state index in [4.69, 9.17) is 4.74 Å². The van der Waals surface area contributed by atoms with Gasteiger partial charge in [-0.2, -0.15) is 0 Å². The number of halogens is 1. The normalized spacial score (nSPS) is 17.3. The molecule has 126 valence electrons. The van der Waals surface area contributed by atoms with Crippen molar-refractivity contribution in [2.45, 2.75) is 25.5 Å². The summed E-state index contributed by atoms with van der Waals surface area (Å²) in [5.74, 6) is 0.126. The number of para-hydroxylation sites is 1. The lowest BCUT2D eigenvalue weighted by Crippen LogP contribution is -2.45. The molecule has 2 aromatic carbocycles. The van der Waals surface area contributed by atoms with Gasteiger partial charge < -0.3 is 15.4 Å². The number of nitrogens with one attached hydrogen (secondary N) is 2. The number of hydrogen-bond acceptors (Lipinski definition) is 3. The van der Waals surface area contributed by atoms with Crippen molar-refractivity contribution >= 4 is 5.91 Å². The van der Waals surface area contributed by atoms with Gasteiger partial charge in [0.1, 0.15) is 18.2 Å². The van der Waals surface area contributed by atoms with E-state index in [2.05, 4.69) is 10.6 Å². The van der Waals surface area contributed by atoms with Crippen LogP contribution in [0.15, 0.2) is 48.5 Å². The molecule has 0 saturated carbocycles. The van der Waals surface area contributed by atoms with E-state index in [1.807, 2.05) is 12.1 Å². The third kappa shape index (κ3) is 4.32. The first-order valence-corrected chi connectivity index (χ1v) is 8.20. The average Bonchev–Trinajstić information content (AvgIpc) is 2.62. The summed E-state index contributed by atoms with van der Waals surface area (Å²) < 4.78 is 18.7. The molecule has 3 rings (SSSR count). The Hall–Kier alpha value is -2.40. The highest BCUT2D eigenvalue weighted by atomic mass is 19.1. The van der Waals surface area contributed by atoms with Crippen molar-refractivity contribution in [2.75, 3.05) is 13.1 Å². The Morgan fingerprint density at radius 1 is 1.21 bits per heavy atom. The average molecular weight is 328 g/mol. The zero-order valence-electron chi connectivity index (χ0n) is 13.4. The monoisotopic (exact) mass is 328 g/mol. The van der Waals surface area contributed by atoms with Crippen LogP contribution in [0, 0.1) is 5.82 Å². The van der Waals surface area contributed by atoms with Crippen LogP contribution in [-0.4, -0.2) is 25.0 Å². The maximum Gasteiger partial charge on any atom is 0.255 e. The lowest BCUT2D eigenvalue weighted by Gasteiger charge is -2.24. The van der Waals surface area contributed by atoms with Crippen LogP contribution in [0.1, 0.15) is 28.8 Å². The van der Waals surface area contributed by atoms with E-state index < -0.39 is 0 Å². The predicted molar refractivity (Wildman–Crippen MR) is 90.5 cm³/mol. The Balaban J connectivity index is 1.65. The molecule has 2 aromatic rings. The molecule has 1 heterocycles. The minimum Gasteiger partial charge on any atom is -0.488 e. The quantitative estimate of drug-likeness (QED) is 0.887. The fraction of sp³-hybridized carbons (Fsp3) is 0.316. The highest BCUT2D eigenvalue weighted by Crippen LogP contribution is 2.20. The van der Waals surface area contributed by atoms with Crippen LogP contribution in [0.3, 0.4) is 0 Å². The van der Waals surface area contributed by atoms with Crippen LogP contribution in [-0.2, 0) is 6.61 Å². The van der Waals surface area contributed by atoms with Gasteiger partial charge >= 0.3 is 0 Å². The standard InChI is InChI=1S/C19H21FN2O2/c20-15-9-7-14(8-10-15)13-24-18-6-2-1-5-17(18)19(23)22-16-4-3-11-21-12-16/h1-2,5-10,16,21H,3-4,11-13H2,(H,22,23). The molecule has 0 radical (unpaired) electrons. The van der Waals surface area contributed by atoms with Crippen molar-refractivity contribution in [3.63, 3.8) is 0 Å². The largest absolute Gasteiger partial charge is 0.488 e. The lowest BCUT2D eigenvalue weighted by atomic mass is 10.1. The molecule has 1 atom stereocenters. The van der Waals surface area contributed by atoms with Crippen LogP contribution in [0.25, 0.3) is 0 Å². The Bertz CT molecular complexity index is 682. The summed E-state index contributed by atoms with van der Waals surface area (Å²) in [7, 11) is 0. The van der Waals surface area contributed by atoms with Gasteiger partial charge in [0, 0.05) is 12.6 Å². The fourth-order valence-electron chi connectivity index (χ4n) is 2.76. The van der Waals surface area contributed by atoms with E-state index in [-0.39, 0.29) is 24.4 Å². The van der Waals surface area contributed by atoms with E-state index >= 15 is 0 Å². The van der Waals surface area contributed by atoms with Gasteiger partial charge in [0.15, 0.2) is 0 Å². The van der Waals surface area contributed by atoms with Gasteiger partial charge in [0.2, 0.25) is 0 Å². The SMILES string of the molecule is O=C(NC1CCCNC1)c1ccccc1OCc1ccc(F)cc1. The van der Waals surface area contributed by atoms with Crippen LogP contribution in [0.5, 0.6) is 5.75 Å². The number of piperidine rings is 1. The summed E-state index contributed by atoms with van der Waals surface area (Å²) >= 11 is 0. The van der Waals surface area contributed by atoms with Crippen LogP contribution < -0.4 is 15.4 Å².